The SMILES string of the molecule is C=CCn1c(=O)c2cnc(Nc3ccc(CN(CC)CC)cc3)nc2n1-c1cccc(-n2ccccc2=O)n1. The Kier molecular flexibility index (Phi) is 7.46. The Hall–Kier alpha value is -4.83. The fourth-order valence-corrected chi connectivity index (χ4v) is 4.42. The quantitative estimate of drug-likeness (QED) is 0.278. The van der Waals surface area contributed by atoms with Crippen molar-refractivity contribution in [2.45, 2.75) is 26.9 Å². The van der Waals surface area contributed by atoms with E-state index >= 15 is 0 Å². The van der Waals surface area contributed by atoms with E-state index in [9.17, 15) is 9.59 Å². The van der Waals surface area contributed by atoms with Crippen LogP contribution in [0, 0.1) is 0 Å². The first-order valence-electron chi connectivity index (χ1n) is 12.9. The van der Waals surface area contributed by atoms with Gasteiger partial charge in [-0.15, -0.1) is 6.58 Å². The molecule has 198 valence electrons. The van der Waals surface area contributed by atoms with Crippen molar-refractivity contribution in [2.75, 3.05) is 18.4 Å². The number of benzene rings is 1. The average Bonchev–Trinajstić information content (AvgIpc) is 3.23. The number of hydrogen-bond acceptors (Lipinski definition) is 7. The summed E-state index contributed by atoms with van der Waals surface area (Å²) < 4.78 is 4.58. The minimum Gasteiger partial charge on any atom is -0.324 e. The lowest BCUT2D eigenvalue weighted by molar-refractivity contribution is 0.296. The highest BCUT2D eigenvalue weighted by atomic mass is 16.1. The molecule has 10 heteroatoms. The lowest BCUT2D eigenvalue weighted by atomic mass is 10.2. The second-order valence-corrected chi connectivity index (χ2v) is 8.96. The minimum absolute atomic E-state index is 0.208. The standard InChI is InChI=1S/C29H30N8O2/c1-4-17-36-28(39)23-19-30-29(31-22-15-13-21(14-16-22)20-34(5-2)6-3)33-27(23)37(36)25-11-9-10-24(32-25)35-18-8-7-12-26(35)38/h4,7-16,18-19H,1,5-6,17,20H2,2-3H3,(H,30,31,33). The summed E-state index contributed by atoms with van der Waals surface area (Å²) in [5.41, 5.74) is 1.98. The van der Waals surface area contributed by atoms with Crippen molar-refractivity contribution in [1.29, 1.82) is 0 Å². The molecule has 0 atom stereocenters. The molecule has 0 aliphatic heterocycles. The molecule has 0 saturated carbocycles. The molecule has 5 aromatic rings. The van der Waals surface area contributed by atoms with E-state index < -0.39 is 0 Å². The summed E-state index contributed by atoms with van der Waals surface area (Å²) in [6.07, 6.45) is 4.80. The van der Waals surface area contributed by atoms with Crippen LogP contribution in [0.1, 0.15) is 19.4 Å². The van der Waals surface area contributed by atoms with Gasteiger partial charge in [-0.25, -0.2) is 19.3 Å². The summed E-state index contributed by atoms with van der Waals surface area (Å²) >= 11 is 0. The Morgan fingerprint density at radius 2 is 1.72 bits per heavy atom. The summed E-state index contributed by atoms with van der Waals surface area (Å²) in [4.78, 5) is 41.8. The monoisotopic (exact) mass is 522 g/mol. The number of anilines is 2. The number of nitrogens with one attached hydrogen (secondary N) is 1. The smallest absolute Gasteiger partial charge is 0.278 e. The van der Waals surface area contributed by atoms with E-state index in [-0.39, 0.29) is 17.7 Å². The zero-order valence-corrected chi connectivity index (χ0v) is 22.0. The van der Waals surface area contributed by atoms with E-state index in [2.05, 4.69) is 52.7 Å². The molecule has 4 aromatic heterocycles. The Morgan fingerprint density at radius 1 is 0.949 bits per heavy atom. The number of aromatic nitrogens is 6. The van der Waals surface area contributed by atoms with Crippen molar-refractivity contribution in [2.24, 2.45) is 0 Å². The first-order valence-corrected chi connectivity index (χ1v) is 12.9. The Morgan fingerprint density at radius 3 is 2.44 bits per heavy atom. The molecule has 1 aromatic carbocycles. The molecule has 0 fully saturated rings. The predicted octanol–water partition coefficient (Wildman–Crippen LogP) is 3.90. The van der Waals surface area contributed by atoms with Gasteiger partial charge < -0.3 is 5.32 Å². The average molecular weight is 523 g/mol. The number of hydrogen-bond donors (Lipinski definition) is 1. The van der Waals surface area contributed by atoms with Crippen LogP contribution < -0.4 is 16.4 Å². The van der Waals surface area contributed by atoms with Crippen LogP contribution in [0.15, 0.2) is 95.3 Å². The molecule has 10 nitrogen and oxygen atoms in total. The number of nitrogens with zero attached hydrogens (tertiary/aromatic N) is 7. The highest BCUT2D eigenvalue weighted by molar-refractivity contribution is 5.77. The summed E-state index contributed by atoms with van der Waals surface area (Å²) in [7, 11) is 0. The third-order valence-corrected chi connectivity index (χ3v) is 6.49. The van der Waals surface area contributed by atoms with Crippen molar-refractivity contribution in [3.05, 3.63) is 112 Å². The zero-order valence-electron chi connectivity index (χ0n) is 22.0. The Bertz CT molecular complexity index is 1730. The molecule has 0 aliphatic carbocycles. The van der Waals surface area contributed by atoms with Crippen molar-refractivity contribution in [3.8, 4) is 11.6 Å². The van der Waals surface area contributed by atoms with E-state index in [0.717, 1.165) is 25.3 Å². The van der Waals surface area contributed by atoms with Gasteiger partial charge in [0.2, 0.25) is 5.95 Å². The van der Waals surface area contributed by atoms with E-state index in [1.807, 2.05) is 12.1 Å². The third-order valence-electron chi connectivity index (χ3n) is 6.49. The largest absolute Gasteiger partial charge is 0.324 e. The van der Waals surface area contributed by atoms with Crippen molar-refractivity contribution < 1.29 is 0 Å². The number of fused-ring (bicyclic) bond motifs is 1. The zero-order chi connectivity index (χ0) is 27.4. The van der Waals surface area contributed by atoms with Crippen molar-refractivity contribution in [1.82, 2.24) is 33.8 Å². The summed E-state index contributed by atoms with van der Waals surface area (Å²) in [6, 6.07) is 18.3. The second-order valence-electron chi connectivity index (χ2n) is 8.96. The van der Waals surface area contributed by atoms with Crippen LogP contribution in [0.25, 0.3) is 22.7 Å². The summed E-state index contributed by atoms with van der Waals surface area (Å²) in [5, 5.41) is 3.59. The van der Waals surface area contributed by atoms with Gasteiger partial charge in [0.25, 0.3) is 11.1 Å². The van der Waals surface area contributed by atoms with Gasteiger partial charge in [-0.05, 0) is 49.0 Å². The predicted molar refractivity (Wildman–Crippen MR) is 153 cm³/mol. The van der Waals surface area contributed by atoms with Gasteiger partial charge in [0.15, 0.2) is 11.5 Å². The second kappa shape index (κ2) is 11.3. The lowest BCUT2D eigenvalue weighted by Crippen LogP contribution is -2.23. The van der Waals surface area contributed by atoms with E-state index in [4.69, 9.17) is 4.98 Å². The topological polar surface area (TPSA) is 103 Å². The van der Waals surface area contributed by atoms with Gasteiger partial charge in [0, 0.05) is 30.7 Å². The minimum atomic E-state index is -0.263. The molecule has 0 aliphatic rings. The van der Waals surface area contributed by atoms with Crippen LogP contribution in [0.4, 0.5) is 11.6 Å². The molecular formula is C29H30N8O2. The van der Waals surface area contributed by atoms with E-state index in [1.165, 1.54) is 27.1 Å². The number of pyridine rings is 2. The molecule has 0 radical (unpaired) electrons. The fraction of sp³-hybridized carbons (Fsp3) is 0.207. The van der Waals surface area contributed by atoms with Gasteiger partial charge in [-0.1, -0.05) is 44.2 Å². The maximum atomic E-state index is 13.3. The fourth-order valence-electron chi connectivity index (χ4n) is 4.42. The molecule has 0 unspecified atom stereocenters. The van der Waals surface area contributed by atoms with Gasteiger partial charge in [0.05, 0.1) is 6.54 Å². The molecule has 39 heavy (non-hydrogen) atoms. The summed E-state index contributed by atoms with van der Waals surface area (Å²) in [5.74, 6) is 1.20. The molecular weight excluding hydrogens is 492 g/mol. The third kappa shape index (κ3) is 5.27. The van der Waals surface area contributed by atoms with Crippen LogP contribution >= 0.6 is 0 Å². The van der Waals surface area contributed by atoms with Gasteiger partial charge in [0.1, 0.15) is 11.2 Å². The molecule has 4 heterocycles. The lowest BCUT2D eigenvalue weighted by Gasteiger charge is -2.18. The Labute approximate surface area is 225 Å². The van der Waals surface area contributed by atoms with Gasteiger partial charge in [-0.3, -0.25) is 19.1 Å². The normalized spacial score (nSPS) is 11.3. The maximum absolute atomic E-state index is 13.3. The van der Waals surface area contributed by atoms with E-state index in [0.29, 0.717) is 28.6 Å². The first kappa shape index (κ1) is 25.8. The highest BCUT2D eigenvalue weighted by Crippen LogP contribution is 2.20. The molecule has 0 amide bonds. The summed E-state index contributed by atoms with van der Waals surface area (Å²) in [6.45, 7) is 11.2. The van der Waals surface area contributed by atoms with Crippen LogP contribution in [0.2, 0.25) is 0 Å². The number of allylic oxidation sites excluding steroid dienone is 1. The van der Waals surface area contributed by atoms with Crippen LogP contribution in [-0.2, 0) is 13.1 Å². The molecule has 0 saturated heterocycles. The maximum Gasteiger partial charge on any atom is 0.278 e. The van der Waals surface area contributed by atoms with E-state index in [1.54, 1.807) is 47.3 Å². The van der Waals surface area contributed by atoms with Crippen LogP contribution in [-0.4, -0.2) is 46.9 Å². The molecule has 0 spiro atoms. The van der Waals surface area contributed by atoms with Crippen molar-refractivity contribution in [3.63, 3.8) is 0 Å². The van der Waals surface area contributed by atoms with Crippen LogP contribution in [0.5, 0.6) is 0 Å². The van der Waals surface area contributed by atoms with Gasteiger partial charge in [-0.2, -0.15) is 4.98 Å². The first-order chi connectivity index (χ1) is 19.0. The molecule has 5 rings (SSSR count). The van der Waals surface area contributed by atoms with Gasteiger partial charge >= 0.3 is 0 Å². The highest BCUT2D eigenvalue weighted by Gasteiger charge is 2.18. The molecule has 0 bridgehead atoms. The molecule has 1 N–H and O–H groups in total. The Balaban J connectivity index is 1.54. The number of rotatable bonds is 10. The van der Waals surface area contributed by atoms with Crippen molar-refractivity contribution >= 4 is 22.7 Å². The van der Waals surface area contributed by atoms with Crippen LogP contribution in [0.3, 0.4) is 0 Å².